The van der Waals surface area contributed by atoms with Crippen molar-refractivity contribution in [3.63, 3.8) is 0 Å². The number of esters is 1. The predicted molar refractivity (Wildman–Crippen MR) is 101 cm³/mol. The zero-order chi connectivity index (χ0) is 18.5. The minimum absolute atomic E-state index is 0.233. The van der Waals surface area contributed by atoms with Crippen LogP contribution in [0.25, 0.3) is 0 Å². The van der Waals surface area contributed by atoms with Gasteiger partial charge in [-0.2, -0.15) is 0 Å². The van der Waals surface area contributed by atoms with Gasteiger partial charge in [0.1, 0.15) is 0 Å². The van der Waals surface area contributed by atoms with E-state index in [9.17, 15) is 9.59 Å². The fraction of sp³-hybridized carbons (Fsp3) is 0.130. The monoisotopic (exact) mass is 344 g/mol. The average molecular weight is 344 g/mol. The Morgan fingerprint density at radius 1 is 0.731 bits per heavy atom. The molecule has 0 N–H and O–H groups in total. The van der Waals surface area contributed by atoms with Crippen LogP contribution in [0.15, 0.2) is 78.9 Å². The molecule has 0 spiro atoms. The summed E-state index contributed by atoms with van der Waals surface area (Å²) in [5, 5.41) is 0. The molecule has 0 saturated carbocycles. The van der Waals surface area contributed by atoms with Crippen molar-refractivity contribution >= 4 is 11.8 Å². The number of carbonyl (C=O) groups is 2. The standard InChI is InChI=1S/C23H20O3/c1-16-13-14-20(15-17(16)2)21(24)22(18-9-5-3-6-10-18)26-23(25)19-11-7-4-8-12-19/h3-15,22H,1-2H3/t22-/m1/s1. The minimum atomic E-state index is -0.981. The first-order valence-corrected chi connectivity index (χ1v) is 8.48. The predicted octanol–water partition coefficient (Wildman–Crippen LogP) is 5.08. The largest absolute Gasteiger partial charge is 0.445 e. The number of hydrogen-bond donors (Lipinski definition) is 0. The second-order valence-corrected chi connectivity index (χ2v) is 6.23. The van der Waals surface area contributed by atoms with E-state index in [1.165, 1.54) is 0 Å². The number of carbonyl (C=O) groups excluding carboxylic acids is 2. The highest BCUT2D eigenvalue weighted by Crippen LogP contribution is 2.25. The van der Waals surface area contributed by atoms with E-state index < -0.39 is 12.1 Å². The SMILES string of the molecule is Cc1ccc(C(=O)[C@H](OC(=O)c2ccccc2)c2ccccc2)cc1C. The van der Waals surface area contributed by atoms with Gasteiger partial charge in [-0.15, -0.1) is 0 Å². The average Bonchev–Trinajstić information content (AvgIpc) is 2.69. The molecule has 0 amide bonds. The maximum absolute atomic E-state index is 13.1. The van der Waals surface area contributed by atoms with E-state index in [2.05, 4.69) is 0 Å². The first-order chi connectivity index (χ1) is 12.6. The summed E-state index contributed by atoms with van der Waals surface area (Å²) in [5.41, 5.74) is 3.74. The molecule has 0 fully saturated rings. The molecule has 0 unspecified atom stereocenters. The van der Waals surface area contributed by atoms with Gasteiger partial charge in [0, 0.05) is 11.1 Å². The third kappa shape index (κ3) is 3.89. The summed E-state index contributed by atoms with van der Waals surface area (Å²) in [6.07, 6.45) is -0.981. The van der Waals surface area contributed by atoms with E-state index in [1.54, 1.807) is 42.5 Å². The van der Waals surface area contributed by atoms with Gasteiger partial charge in [0.05, 0.1) is 5.56 Å². The maximum Gasteiger partial charge on any atom is 0.339 e. The van der Waals surface area contributed by atoms with Gasteiger partial charge in [0.2, 0.25) is 5.78 Å². The lowest BCUT2D eigenvalue weighted by Crippen LogP contribution is -2.20. The summed E-state index contributed by atoms with van der Waals surface area (Å²) in [7, 11) is 0. The molecule has 3 heteroatoms. The summed E-state index contributed by atoms with van der Waals surface area (Å²) >= 11 is 0. The number of ketones is 1. The van der Waals surface area contributed by atoms with E-state index >= 15 is 0 Å². The molecular formula is C23H20O3. The van der Waals surface area contributed by atoms with Gasteiger partial charge >= 0.3 is 5.97 Å². The fourth-order valence-electron chi connectivity index (χ4n) is 2.70. The highest BCUT2D eigenvalue weighted by molar-refractivity contribution is 6.02. The second kappa shape index (κ2) is 7.79. The zero-order valence-electron chi connectivity index (χ0n) is 14.8. The molecule has 0 aliphatic heterocycles. The van der Waals surface area contributed by atoms with Gasteiger partial charge in [-0.25, -0.2) is 4.79 Å². The molecule has 3 rings (SSSR count). The summed E-state index contributed by atoms with van der Waals surface area (Å²) in [5.74, 6) is -0.750. The molecule has 26 heavy (non-hydrogen) atoms. The third-order valence-electron chi connectivity index (χ3n) is 4.37. The Morgan fingerprint density at radius 3 is 1.96 bits per heavy atom. The molecule has 0 aliphatic carbocycles. The molecule has 130 valence electrons. The highest BCUT2D eigenvalue weighted by atomic mass is 16.5. The van der Waals surface area contributed by atoms with Crippen molar-refractivity contribution in [3.05, 3.63) is 107 Å². The molecule has 0 bridgehead atoms. The fourth-order valence-corrected chi connectivity index (χ4v) is 2.70. The van der Waals surface area contributed by atoms with Crippen LogP contribution in [0.3, 0.4) is 0 Å². The summed E-state index contributed by atoms with van der Waals surface area (Å²) in [6.45, 7) is 3.95. The Morgan fingerprint density at radius 2 is 1.35 bits per heavy atom. The number of hydrogen-bond acceptors (Lipinski definition) is 3. The number of aryl methyl sites for hydroxylation is 2. The molecule has 0 saturated heterocycles. The van der Waals surface area contributed by atoms with Crippen LogP contribution in [-0.2, 0) is 4.74 Å². The number of Topliss-reactive ketones (excluding diaryl/α,β-unsaturated/α-hetero) is 1. The van der Waals surface area contributed by atoms with Crippen molar-refractivity contribution in [3.8, 4) is 0 Å². The lowest BCUT2D eigenvalue weighted by atomic mass is 9.97. The van der Waals surface area contributed by atoms with Gasteiger partial charge in [-0.05, 0) is 43.2 Å². The van der Waals surface area contributed by atoms with Crippen molar-refractivity contribution < 1.29 is 14.3 Å². The van der Waals surface area contributed by atoms with Crippen LogP contribution in [0.5, 0.6) is 0 Å². The Hall–Kier alpha value is -3.20. The Labute approximate surface area is 153 Å². The maximum atomic E-state index is 13.1. The van der Waals surface area contributed by atoms with Crippen molar-refractivity contribution in [2.45, 2.75) is 20.0 Å². The Kier molecular flexibility index (Phi) is 5.28. The van der Waals surface area contributed by atoms with E-state index in [-0.39, 0.29) is 5.78 Å². The number of ether oxygens (including phenoxy) is 1. The molecule has 0 heterocycles. The molecule has 0 radical (unpaired) electrons. The Balaban J connectivity index is 1.94. The molecule has 3 aromatic carbocycles. The van der Waals surface area contributed by atoms with E-state index in [4.69, 9.17) is 4.74 Å². The third-order valence-corrected chi connectivity index (χ3v) is 4.37. The van der Waals surface area contributed by atoms with Crippen LogP contribution in [0.2, 0.25) is 0 Å². The van der Waals surface area contributed by atoms with Gasteiger partial charge in [-0.3, -0.25) is 4.79 Å². The van der Waals surface area contributed by atoms with Gasteiger partial charge in [0.25, 0.3) is 0 Å². The minimum Gasteiger partial charge on any atom is -0.445 e. The Bertz CT molecular complexity index is 915. The first kappa shape index (κ1) is 17.6. The smallest absolute Gasteiger partial charge is 0.339 e. The van der Waals surface area contributed by atoms with Gasteiger partial charge < -0.3 is 4.74 Å². The summed E-state index contributed by atoms with van der Waals surface area (Å²) in [6, 6.07) is 23.3. The molecule has 3 aromatic rings. The van der Waals surface area contributed by atoms with Crippen LogP contribution in [0.1, 0.15) is 43.5 Å². The van der Waals surface area contributed by atoms with Crippen LogP contribution in [0.4, 0.5) is 0 Å². The van der Waals surface area contributed by atoms with E-state index in [0.717, 1.165) is 11.1 Å². The van der Waals surface area contributed by atoms with Crippen molar-refractivity contribution in [1.29, 1.82) is 0 Å². The molecule has 0 aliphatic rings. The van der Waals surface area contributed by atoms with Crippen LogP contribution in [-0.4, -0.2) is 11.8 Å². The topological polar surface area (TPSA) is 43.4 Å². The zero-order valence-corrected chi connectivity index (χ0v) is 14.8. The molecule has 3 nitrogen and oxygen atoms in total. The lowest BCUT2D eigenvalue weighted by molar-refractivity contribution is 0.0280. The van der Waals surface area contributed by atoms with Gasteiger partial charge in [-0.1, -0.05) is 60.7 Å². The van der Waals surface area contributed by atoms with E-state index in [0.29, 0.717) is 16.7 Å². The normalized spacial score (nSPS) is 11.6. The molecule has 1 atom stereocenters. The van der Waals surface area contributed by atoms with E-state index in [1.807, 2.05) is 50.2 Å². The number of rotatable bonds is 5. The van der Waals surface area contributed by atoms with Gasteiger partial charge in [0.15, 0.2) is 6.10 Å². The van der Waals surface area contributed by atoms with Crippen molar-refractivity contribution in [1.82, 2.24) is 0 Å². The quantitative estimate of drug-likeness (QED) is 0.478. The number of benzene rings is 3. The summed E-state index contributed by atoms with van der Waals surface area (Å²) < 4.78 is 5.62. The van der Waals surface area contributed by atoms with Crippen LogP contribution in [0, 0.1) is 13.8 Å². The van der Waals surface area contributed by atoms with Crippen molar-refractivity contribution in [2.75, 3.05) is 0 Å². The lowest BCUT2D eigenvalue weighted by Gasteiger charge is -2.18. The van der Waals surface area contributed by atoms with Crippen LogP contribution < -0.4 is 0 Å². The first-order valence-electron chi connectivity index (χ1n) is 8.48. The second-order valence-electron chi connectivity index (χ2n) is 6.23. The molecular weight excluding hydrogens is 324 g/mol. The van der Waals surface area contributed by atoms with Crippen LogP contribution >= 0.6 is 0 Å². The highest BCUT2D eigenvalue weighted by Gasteiger charge is 2.26. The molecule has 0 aromatic heterocycles. The van der Waals surface area contributed by atoms with Crippen molar-refractivity contribution in [2.24, 2.45) is 0 Å². The summed E-state index contributed by atoms with van der Waals surface area (Å²) in [4.78, 5) is 25.6.